The largest absolute Gasteiger partial charge is 0.366 e. The quantitative estimate of drug-likeness (QED) is 0.364. The molecule has 0 bridgehead atoms. The van der Waals surface area contributed by atoms with Gasteiger partial charge in [-0.2, -0.15) is 0 Å². The summed E-state index contributed by atoms with van der Waals surface area (Å²) in [6.45, 7) is 8.26. The Morgan fingerprint density at radius 1 is 1.47 bits per heavy atom. The predicted molar refractivity (Wildman–Crippen MR) is 68.9 cm³/mol. The summed E-state index contributed by atoms with van der Waals surface area (Å²) in [7, 11) is 0. The van der Waals surface area contributed by atoms with E-state index in [9.17, 15) is 4.79 Å². The standard InChI is InChI=1S/C15H22O2/c1-10(2)12-9-14-15(4,17-14)7-5-6-11(3)8-13(12)16/h6,14H,5,7-9H2,1-4H3/b11-6+/t14-,15+/m1/s1. The Balaban J connectivity index is 2.25. The van der Waals surface area contributed by atoms with E-state index in [0.717, 1.165) is 30.4 Å². The lowest BCUT2D eigenvalue weighted by atomic mass is 9.89. The van der Waals surface area contributed by atoms with E-state index in [1.54, 1.807) is 0 Å². The molecule has 1 heterocycles. The van der Waals surface area contributed by atoms with Crippen LogP contribution in [0.5, 0.6) is 0 Å². The molecule has 94 valence electrons. The summed E-state index contributed by atoms with van der Waals surface area (Å²) >= 11 is 0. The normalized spacial score (nSPS) is 36.9. The summed E-state index contributed by atoms with van der Waals surface area (Å²) in [4.78, 5) is 12.2. The molecular formula is C15H22O2. The van der Waals surface area contributed by atoms with Crippen LogP contribution in [0.25, 0.3) is 0 Å². The first-order valence-corrected chi connectivity index (χ1v) is 6.45. The van der Waals surface area contributed by atoms with E-state index in [4.69, 9.17) is 4.74 Å². The molecule has 2 aliphatic rings. The van der Waals surface area contributed by atoms with Gasteiger partial charge < -0.3 is 4.74 Å². The molecule has 0 aromatic heterocycles. The maximum Gasteiger partial charge on any atom is 0.162 e. The van der Waals surface area contributed by atoms with E-state index < -0.39 is 0 Å². The van der Waals surface area contributed by atoms with Crippen molar-refractivity contribution in [2.45, 2.75) is 65.1 Å². The zero-order valence-electron chi connectivity index (χ0n) is 11.3. The van der Waals surface area contributed by atoms with E-state index in [0.29, 0.717) is 6.42 Å². The second-order valence-corrected chi connectivity index (χ2v) is 5.79. The van der Waals surface area contributed by atoms with Crippen LogP contribution in [-0.4, -0.2) is 17.5 Å². The highest BCUT2D eigenvalue weighted by Crippen LogP contribution is 2.45. The van der Waals surface area contributed by atoms with Crippen molar-refractivity contribution in [1.29, 1.82) is 0 Å². The van der Waals surface area contributed by atoms with Crippen molar-refractivity contribution in [3.8, 4) is 0 Å². The molecule has 1 saturated heterocycles. The van der Waals surface area contributed by atoms with Crippen molar-refractivity contribution in [1.82, 2.24) is 0 Å². The molecule has 2 nitrogen and oxygen atoms in total. The minimum Gasteiger partial charge on any atom is -0.366 e. The first-order chi connectivity index (χ1) is 7.92. The summed E-state index contributed by atoms with van der Waals surface area (Å²) in [5, 5.41) is 0. The van der Waals surface area contributed by atoms with Crippen LogP contribution in [0.15, 0.2) is 22.8 Å². The molecule has 0 radical (unpaired) electrons. The molecule has 1 aliphatic heterocycles. The molecule has 0 saturated carbocycles. The van der Waals surface area contributed by atoms with Gasteiger partial charge in [0.05, 0.1) is 11.7 Å². The summed E-state index contributed by atoms with van der Waals surface area (Å²) in [6.07, 6.45) is 5.91. The molecule has 17 heavy (non-hydrogen) atoms. The first kappa shape index (κ1) is 12.6. The summed E-state index contributed by atoms with van der Waals surface area (Å²) in [5.74, 6) is 0.276. The van der Waals surface area contributed by atoms with Crippen molar-refractivity contribution in [3.05, 3.63) is 22.8 Å². The highest BCUT2D eigenvalue weighted by Gasteiger charge is 2.51. The van der Waals surface area contributed by atoms with Gasteiger partial charge >= 0.3 is 0 Å². The molecule has 0 aromatic carbocycles. The third-order valence-electron chi connectivity index (χ3n) is 3.94. The molecule has 0 aromatic rings. The Morgan fingerprint density at radius 2 is 2.18 bits per heavy atom. The van der Waals surface area contributed by atoms with Gasteiger partial charge in [-0.1, -0.05) is 17.2 Å². The van der Waals surface area contributed by atoms with Crippen molar-refractivity contribution >= 4 is 5.78 Å². The number of carbonyl (C=O) groups excluding carboxylic acids is 1. The molecule has 1 fully saturated rings. The maximum atomic E-state index is 12.2. The van der Waals surface area contributed by atoms with Gasteiger partial charge in [0.25, 0.3) is 0 Å². The second kappa shape index (κ2) is 4.41. The lowest BCUT2D eigenvalue weighted by Gasteiger charge is -2.12. The van der Waals surface area contributed by atoms with E-state index in [2.05, 4.69) is 19.9 Å². The van der Waals surface area contributed by atoms with E-state index in [-0.39, 0.29) is 17.5 Å². The van der Waals surface area contributed by atoms with Gasteiger partial charge in [-0.25, -0.2) is 0 Å². The van der Waals surface area contributed by atoms with Crippen LogP contribution >= 0.6 is 0 Å². The van der Waals surface area contributed by atoms with Crippen LogP contribution in [0.1, 0.15) is 53.4 Å². The summed E-state index contributed by atoms with van der Waals surface area (Å²) in [5.41, 5.74) is 3.32. The predicted octanol–water partition coefficient (Wildman–Crippen LogP) is 3.57. The fraction of sp³-hybridized carbons (Fsp3) is 0.667. The van der Waals surface area contributed by atoms with Crippen LogP contribution in [0.4, 0.5) is 0 Å². The molecule has 1 aliphatic carbocycles. The number of fused-ring (bicyclic) bond motifs is 1. The van der Waals surface area contributed by atoms with Crippen LogP contribution in [0.2, 0.25) is 0 Å². The molecule has 0 spiro atoms. The zero-order valence-corrected chi connectivity index (χ0v) is 11.3. The monoisotopic (exact) mass is 234 g/mol. The van der Waals surface area contributed by atoms with Crippen LogP contribution in [-0.2, 0) is 9.53 Å². The number of rotatable bonds is 0. The van der Waals surface area contributed by atoms with Gasteiger partial charge in [0.15, 0.2) is 5.78 Å². The van der Waals surface area contributed by atoms with Crippen molar-refractivity contribution in [2.75, 3.05) is 0 Å². The van der Waals surface area contributed by atoms with Gasteiger partial charge in [-0.3, -0.25) is 4.79 Å². The number of epoxide rings is 1. The van der Waals surface area contributed by atoms with Gasteiger partial charge in [0, 0.05) is 12.8 Å². The minimum absolute atomic E-state index is 0.00903. The lowest BCUT2D eigenvalue weighted by molar-refractivity contribution is -0.115. The fourth-order valence-corrected chi connectivity index (χ4v) is 2.59. The number of hydrogen-bond acceptors (Lipinski definition) is 2. The smallest absolute Gasteiger partial charge is 0.162 e. The highest BCUT2D eigenvalue weighted by atomic mass is 16.6. The van der Waals surface area contributed by atoms with E-state index in [1.807, 2.05) is 13.8 Å². The van der Waals surface area contributed by atoms with Gasteiger partial charge in [-0.05, 0) is 46.1 Å². The maximum absolute atomic E-state index is 12.2. The number of allylic oxidation sites excluding steroid dienone is 3. The first-order valence-electron chi connectivity index (χ1n) is 6.45. The minimum atomic E-state index is 0.00903. The molecule has 0 N–H and O–H groups in total. The third kappa shape index (κ3) is 2.68. The van der Waals surface area contributed by atoms with Crippen LogP contribution in [0, 0.1) is 0 Å². The van der Waals surface area contributed by atoms with Crippen molar-refractivity contribution in [2.24, 2.45) is 0 Å². The number of carbonyl (C=O) groups is 1. The van der Waals surface area contributed by atoms with Gasteiger partial charge in [0.2, 0.25) is 0 Å². The molecule has 0 amide bonds. The molecule has 0 unspecified atom stereocenters. The Labute approximate surface area is 104 Å². The topological polar surface area (TPSA) is 29.6 Å². The number of ketones is 1. The average molecular weight is 234 g/mol. The summed E-state index contributed by atoms with van der Waals surface area (Å²) in [6, 6.07) is 0. The van der Waals surface area contributed by atoms with Crippen molar-refractivity contribution in [3.63, 3.8) is 0 Å². The Kier molecular flexibility index (Phi) is 3.26. The highest BCUT2D eigenvalue weighted by molar-refractivity contribution is 5.97. The SMILES string of the molecule is CC(C)=C1C[C@H]2O[C@@]2(C)CC/C=C(\C)CC1=O. The molecule has 2 atom stereocenters. The molecule has 2 rings (SSSR count). The Bertz CT molecular complexity index is 399. The second-order valence-electron chi connectivity index (χ2n) is 5.79. The molecule has 2 heteroatoms. The number of hydrogen-bond donors (Lipinski definition) is 0. The Hall–Kier alpha value is -0.890. The van der Waals surface area contributed by atoms with E-state index >= 15 is 0 Å². The summed E-state index contributed by atoms with van der Waals surface area (Å²) < 4.78 is 5.78. The Morgan fingerprint density at radius 3 is 2.82 bits per heavy atom. The zero-order chi connectivity index (χ0) is 12.6. The lowest BCUT2D eigenvalue weighted by Crippen LogP contribution is -2.15. The third-order valence-corrected chi connectivity index (χ3v) is 3.94. The van der Waals surface area contributed by atoms with Crippen molar-refractivity contribution < 1.29 is 9.53 Å². The van der Waals surface area contributed by atoms with E-state index in [1.165, 1.54) is 5.57 Å². The number of Topliss-reactive ketones (excluding diaryl/α,β-unsaturated/α-hetero) is 1. The van der Waals surface area contributed by atoms with Gasteiger partial charge in [0.1, 0.15) is 0 Å². The van der Waals surface area contributed by atoms with Crippen LogP contribution < -0.4 is 0 Å². The number of ether oxygens (including phenoxy) is 1. The van der Waals surface area contributed by atoms with Gasteiger partial charge in [-0.15, -0.1) is 0 Å². The molecular weight excluding hydrogens is 212 g/mol. The fourth-order valence-electron chi connectivity index (χ4n) is 2.59. The average Bonchev–Trinajstić information content (AvgIpc) is 2.84. The van der Waals surface area contributed by atoms with Crippen LogP contribution in [0.3, 0.4) is 0 Å².